The van der Waals surface area contributed by atoms with Gasteiger partial charge in [0.15, 0.2) is 0 Å². The topological polar surface area (TPSA) is 32.3 Å². The first kappa shape index (κ1) is 10.1. The first-order chi connectivity index (χ1) is 6.85. The SMILES string of the molecule is OCC1(NCc2ccsc2)CCCC1. The maximum Gasteiger partial charge on any atom is 0.0613 e. The van der Waals surface area contributed by atoms with Gasteiger partial charge in [0, 0.05) is 12.1 Å². The second kappa shape index (κ2) is 4.43. The molecule has 1 aliphatic carbocycles. The van der Waals surface area contributed by atoms with E-state index in [2.05, 4.69) is 22.1 Å². The molecule has 0 saturated heterocycles. The number of thiophene rings is 1. The highest BCUT2D eigenvalue weighted by atomic mass is 32.1. The van der Waals surface area contributed by atoms with Crippen molar-refractivity contribution in [2.24, 2.45) is 0 Å². The number of aliphatic hydroxyl groups is 1. The van der Waals surface area contributed by atoms with Crippen molar-refractivity contribution in [3.05, 3.63) is 22.4 Å². The Morgan fingerprint density at radius 1 is 1.43 bits per heavy atom. The molecule has 0 aromatic carbocycles. The molecule has 1 fully saturated rings. The fourth-order valence-corrected chi connectivity index (χ4v) is 2.79. The van der Waals surface area contributed by atoms with E-state index >= 15 is 0 Å². The van der Waals surface area contributed by atoms with Crippen LogP contribution in [0, 0.1) is 0 Å². The maximum absolute atomic E-state index is 9.39. The van der Waals surface area contributed by atoms with Crippen molar-refractivity contribution < 1.29 is 5.11 Å². The van der Waals surface area contributed by atoms with Gasteiger partial charge in [0.25, 0.3) is 0 Å². The van der Waals surface area contributed by atoms with Crippen molar-refractivity contribution in [2.45, 2.75) is 37.8 Å². The summed E-state index contributed by atoms with van der Waals surface area (Å²) in [5, 5.41) is 17.1. The summed E-state index contributed by atoms with van der Waals surface area (Å²) in [4.78, 5) is 0. The molecule has 0 unspecified atom stereocenters. The van der Waals surface area contributed by atoms with E-state index < -0.39 is 0 Å². The molecule has 14 heavy (non-hydrogen) atoms. The predicted octanol–water partition coefficient (Wildman–Crippen LogP) is 2.14. The molecule has 0 radical (unpaired) electrons. The molecule has 1 saturated carbocycles. The minimum absolute atomic E-state index is 0.0158. The third-order valence-electron chi connectivity index (χ3n) is 3.11. The van der Waals surface area contributed by atoms with Crippen LogP contribution in [0.1, 0.15) is 31.2 Å². The molecule has 1 heterocycles. The standard InChI is InChI=1S/C11H17NOS/c13-9-11(4-1-2-5-11)12-7-10-3-6-14-8-10/h3,6,8,12-13H,1-2,4-5,7,9H2. The first-order valence-corrected chi connectivity index (χ1v) is 6.16. The summed E-state index contributed by atoms with van der Waals surface area (Å²) in [5.74, 6) is 0. The van der Waals surface area contributed by atoms with Crippen LogP contribution in [0.4, 0.5) is 0 Å². The lowest BCUT2D eigenvalue weighted by Gasteiger charge is -2.27. The molecule has 3 heteroatoms. The summed E-state index contributed by atoms with van der Waals surface area (Å²) in [5.41, 5.74) is 1.34. The molecule has 0 aliphatic heterocycles. The molecule has 1 aromatic heterocycles. The predicted molar refractivity (Wildman–Crippen MR) is 59.4 cm³/mol. The van der Waals surface area contributed by atoms with Crippen LogP contribution in [-0.2, 0) is 6.54 Å². The van der Waals surface area contributed by atoms with Crippen LogP contribution in [0.15, 0.2) is 16.8 Å². The number of rotatable bonds is 4. The Labute approximate surface area is 89.0 Å². The summed E-state index contributed by atoms with van der Waals surface area (Å²) in [6.45, 7) is 1.17. The van der Waals surface area contributed by atoms with Crippen LogP contribution < -0.4 is 5.32 Å². The van der Waals surface area contributed by atoms with E-state index in [-0.39, 0.29) is 12.1 Å². The fraction of sp³-hybridized carbons (Fsp3) is 0.636. The molecule has 2 nitrogen and oxygen atoms in total. The van der Waals surface area contributed by atoms with Crippen LogP contribution in [0.3, 0.4) is 0 Å². The smallest absolute Gasteiger partial charge is 0.0613 e. The Kier molecular flexibility index (Phi) is 3.21. The second-order valence-electron chi connectivity index (χ2n) is 4.13. The first-order valence-electron chi connectivity index (χ1n) is 5.22. The molecule has 1 aromatic rings. The van der Waals surface area contributed by atoms with E-state index in [4.69, 9.17) is 0 Å². The van der Waals surface area contributed by atoms with Gasteiger partial charge in [-0.15, -0.1) is 0 Å². The average molecular weight is 211 g/mol. The Bertz CT molecular complexity index is 265. The Morgan fingerprint density at radius 2 is 2.21 bits per heavy atom. The molecule has 2 rings (SSSR count). The van der Waals surface area contributed by atoms with Crippen molar-refractivity contribution in [3.8, 4) is 0 Å². The Morgan fingerprint density at radius 3 is 2.79 bits per heavy atom. The number of aliphatic hydroxyl groups excluding tert-OH is 1. The minimum Gasteiger partial charge on any atom is -0.394 e. The Hall–Kier alpha value is -0.380. The van der Waals surface area contributed by atoms with Crippen molar-refractivity contribution in [1.82, 2.24) is 5.32 Å². The highest BCUT2D eigenvalue weighted by Gasteiger charge is 2.32. The van der Waals surface area contributed by atoms with Gasteiger partial charge in [-0.05, 0) is 35.2 Å². The summed E-state index contributed by atoms with van der Waals surface area (Å²) < 4.78 is 0. The number of hydrogen-bond donors (Lipinski definition) is 2. The summed E-state index contributed by atoms with van der Waals surface area (Å²) in [7, 11) is 0. The van der Waals surface area contributed by atoms with E-state index in [1.807, 2.05) is 0 Å². The molecule has 78 valence electrons. The largest absolute Gasteiger partial charge is 0.394 e. The van der Waals surface area contributed by atoms with Crippen molar-refractivity contribution in [2.75, 3.05) is 6.61 Å². The van der Waals surface area contributed by atoms with Crippen molar-refractivity contribution in [1.29, 1.82) is 0 Å². The van der Waals surface area contributed by atoms with Gasteiger partial charge in [-0.2, -0.15) is 11.3 Å². The third kappa shape index (κ3) is 2.16. The van der Waals surface area contributed by atoms with E-state index in [1.54, 1.807) is 11.3 Å². The van der Waals surface area contributed by atoms with Gasteiger partial charge in [0.05, 0.1) is 6.61 Å². The molecule has 2 N–H and O–H groups in total. The van der Waals surface area contributed by atoms with Crippen LogP contribution in [0.2, 0.25) is 0 Å². The lowest BCUT2D eigenvalue weighted by atomic mass is 9.99. The fourth-order valence-electron chi connectivity index (χ4n) is 2.13. The molecular formula is C11H17NOS. The van der Waals surface area contributed by atoms with Gasteiger partial charge < -0.3 is 10.4 Å². The Balaban J connectivity index is 1.89. The quantitative estimate of drug-likeness (QED) is 0.799. The number of hydrogen-bond acceptors (Lipinski definition) is 3. The maximum atomic E-state index is 9.39. The molecule has 0 amide bonds. The van der Waals surface area contributed by atoms with E-state index in [0.29, 0.717) is 0 Å². The van der Waals surface area contributed by atoms with E-state index in [9.17, 15) is 5.11 Å². The molecule has 0 bridgehead atoms. The number of nitrogens with one attached hydrogen (secondary N) is 1. The second-order valence-corrected chi connectivity index (χ2v) is 4.91. The zero-order valence-electron chi connectivity index (χ0n) is 8.33. The average Bonchev–Trinajstić information content (AvgIpc) is 2.87. The molecule has 1 aliphatic rings. The van der Waals surface area contributed by atoms with Crippen molar-refractivity contribution in [3.63, 3.8) is 0 Å². The van der Waals surface area contributed by atoms with E-state index in [1.165, 1.54) is 18.4 Å². The summed E-state index contributed by atoms with van der Waals surface area (Å²) in [6.07, 6.45) is 4.73. The summed E-state index contributed by atoms with van der Waals surface area (Å²) in [6, 6.07) is 2.14. The molecule has 0 spiro atoms. The highest BCUT2D eigenvalue weighted by Crippen LogP contribution is 2.29. The van der Waals surface area contributed by atoms with Crippen LogP contribution in [0.5, 0.6) is 0 Å². The monoisotopic (exact) mass is 211 g/mol. The van der Waals surface area contributed by atoms with Gasteiger partial charge in [-0.3, -0.25) is 0 Å². The van der Waals surface area contributed by atoms with Gasteiger partial charge in [0.2, 0.25) is 0 Å². The molecular weight excluding hydrogens is 194 g/mol. The third-order valence-corrected chi connectivity index (χ3v) is 3.84. The van der Waals surface area contributed by atoms with Gasteiger partial charge in [-0.25, -0.2) is 0 Å². The van der Waals surface area contributed by atoms with Gasteiger partial charge in [-0.1, -0.05) is 12.8 Å². The van der Waals surface area contributed by atoms with E-state index in [0.717, 1.165) is 19.4 Å². The van der Waals surface area contributed by atoms with Gasteiger partial charge in [0.1, 0.15) is 0 Å². The van der Waals surface area contributed by atoms with Gasteiger partial charge >= 0.3 is 0 Å². The van der Waals surface area contributed by atoms with Crippen molar-refractivity contribution >= 4 is 11.3 Å². The minimum atomic E-state index is 0.0158. The lowest BCUT2D eigenvalue weighted by Crippen LogP contribution is -2.45. The van der Waals surface area contributed by atoms with Crippen LogP contribution >= 0.6 is 11.3 Å². The van der Waals surface area contributed by atoms with Crippen LogP contribution in [-0.4, -0.2) is 17.3 Å². The highest BCUT2D eigenvalue weighted by molar-refractivity contribution is 7.07. The zero-order chi connectivity index (χ0) is 9.86. The summed E-state index contributed by atoms with van der Waals surface area (Å²) >= 11 is 1.73. The van der Waals surface area contributed by atoms with Crippen LogP contribution in [0.25, 0.3) is 0 Å². The normalized spacial score (nSPS) is 20.1. The lowest BCUT2D eigenvalue weighted by molar-refractivity contribution is 0.163. The molecule has 0 atom stereocenters. The zero-order valence-corrected chi connectivity index (χ0v) is 9.15.